The molecule has 2 aromatic rings. The molecule has 0 amide bonds. The molecule has 0 spiro atoms. The van der Waals surface area contributed by atoms with Crippen molar-refractivity contribution >= 4 is 11.6 Å². The van der Waals surface area contributed by atoms with Crippen LogP contribution in [0.5, 0.6) is 5.75 Å². The Kier molecular flexibility index (Phi) is 3.59. The summed E-state index contributed by atoms with van der Waals surface area (Å²) in [6, 6.07) is 9.56. The molecule has 88 valence electrons. The van der Waals surface area contributed by atoms with E-state index in [1.807, 2.05) is 37.3 Å². The van der Waals surface area contributed by atoms with E-state index in [4.69, 9.17) is 16.3 Å². The summed E-state index contributed by atoms with van der Waals surface area (Å²) in [6.07, 6.45) is 0. The van der Waals surface area contributed by atoms with Crippen LogP contribution in [0.4, 0.5) is 0 Å². The predicted octanol–water partition coefficient (Wildman–Crippen LogP) is 3.20. The minimum atomic E-state index is 0.389. The van der Waals surface area contributed by atoms with E-state index in [2.05, 4.69) is 9.97 Å². The van der Waals surface area contributed by atoms with E-state index in [1.165, 1.54) is 0 Å². The van der Waals surface area contributed by atoms with E-state index in [-0.39, 0.29) is 0 Å². The second-order valence-electron chi connectivity index (χ2n) is 3.69. The summed E-state index contributed by atoms with van der Waals surface area (Å²) in [6.45, 7) is 1.93. The van der Waals surface area contributed by atoms with E-state index in [9.17, 15) is 0 Å². The number of rotatable bonds is 3. The third kappa shape index (κ3) is 2.74. The summed E-state index contributed by atoms with van der Waals surface area (Å²) in [7, 11) is 1.64. The van der Waals surface area contributed by atoms with Crippen LogP contribution in [0.1, 0.15) is 11.4 Å². The monoisotopic (exact) mass is 248 g/mol. The minimum Gasteiger partial charge on any atom is -0.497 e. The Balaban J connectivity index is 2.47. The van der Waals surface area contributed by atoms with Gasteiger partial charge in [-0.25, -0.2) is 9.97 Å². The molecule has 17 heavy (non-hydrogen) atoms. The average Bonchev–Trinajstić information content (AvgIpc) is 2.38. The minimum absolute atomic E-state index is 0.389. The lowest BCUT2D eigenvalue weighted by atomic mass is 10.2. The molecule has 0 bridgehead atoms. The van der Waals surface area contributed by atoms with Crippen molar-refractivity contribution in [2.75, 3.05) is 7.11 Å². The van der Waals surface area contributed by atoms with Gasteiger partial charge in [0, 0.05) is 11.3 Å². The Hall–Kier alpha value is -1.61. The standard InChI is InChI=1S/C13H13ClN2O/c1-9-6-11(8-14)16-13(15-9)10-4-3-5-12(7-10)17-2/h3-7H,8H2,1-2H3. The van der Waals surface area contributed by atoms with Crippen LogP contribution in [0.25, 0.3) is 11.4 Å². The fraction of sp³-hybridized carbons (Fsp3) is 0.231. The lowest BCUT2D eigenvalue weighted by Crippen LogP contribution is -1.96. The van der Waals surface area contributed by atoms with E-state index in [0.717, 1.165) is 22.7 Å². The molecule has 1 aromatic heterocycles. The number of aromatic nitrogens is 2. The van der Waals surface area contributed by atoms with Crippen LogP contribution in [0, 0.1) is 6.92 Å². The van der Waals surface area contributed by atoms with Crippen LogP contribution in [-0.4, -0.2) is 17.1 Å². The molecule has 0 aliphatic heterocycles. The molecule has 0 radical (unpaired) electrons. The molecular formula is C13H13ClN2O. The van der Waals surface area contributed by atoms with Crippen molar-refractivity contribution in [1.29, 1.82) is 0 Å². The summed E-state index contributed by atoms with van der Waals surface area (Å²) in [5, 5.41) is 0. The molecule has 0 saturated heterocycles. The first-order chi connectivity index (χ1) is 8.22. The van der Waals surface area contributed by atoms with Crippen molar-refractivity contribution in [2.24, 2.45) is 0 Å². The van der Waals surface area contributed by atoms with Crippen molar-refractivity contribution in [2.45, 2.75) is 12.8 Å². The summed E-state index contributed by atoms with van der Waals surface area (Å²) >= 11 is 5.80. The van der Waals surface area contributed by atoms with Crippen LogP contribution in [0.3, 0.4) is 0 Å². The van der Waals surface area contributed by atoms with Gasteiger partial charge in [0.05, 0.1) is 18.7 Å². The highest BCUT2D eigenvalue weighted by Gasteiger charge is 2.05. The maximum absolute atomic E-state index is 5.80. The molecule has 0 fully saturated rings. The molecule has 2 rings (SSSR count). The van der Waals surface area contributed by atoms with Gasteiger partial charge in [0.2, 0.25) is 0 Å². The molecule has 0 atom stereocenters. The molecule has 4 heteroatoms. The van der Waals surface area contributed by atoms with Gasteiger partial charge in [-0.1, -0.05) is 12.1 Å². The first-order valence-corrected chi connectivity index (χ1v) is 5.81. The van der Waals surface area contributed by atoms with Gasteiger partial charge in [0.15, 0.2) is 5.82 Å². The van der Waals surface area contributed by atoms with Gasteiger partial charge in [-0.3, -0.25) is 0 Å². The van der Waals surface area contributed by atoms with Gasteiger partial charge < -0.3 is 4.74 Å². The topological polar surface area (TPSA) is 35.0 Å². The average molecular weight is 249 g/mol. The highest BCUT2D eigenvalue weighted by molar-refractivity contribution is 6.16. The third-order valence-corrected chi connectivity index (χ3v) is 2.65. The largest absolute Gasteiger partial charge is 0.497 e. The molecule has 0 unspecified atom stereocenters. The number of ether oxygens (including phenoxy) is 1. The maximum Gasteiger partial charge on any atom is 0.159 e. The maximum atomic E-state index is 5.80. The fourth-order valence-electron chi connectivity index (χ4n) is 1.59. The van der Waals surface area contributed by atoms with Gasteiger partial charge in [-0.2, -0.15) is 0 Å². The van der Waals surface area contributed by atoms with Gasteiger partial charge in [0.25, 0.3) is 0 Å². The molecule has 1 heterocycles. The van der Waals surface area contributed by atoms with E-state index in [0.29, 0.717) is 11.7 Å². The Labute approximate surface area is 105 Å². The van der Waals surface area contributed by atoms with Crippen LogP contribution in [0.15, 0.2) is 30.3 Å². The second-order valence-corrected chi connectivity index (χ2v) is 3.96. The first kappa shape index (κ1) is 11.9. The molecule has 0 N–H and O–H groups in total. The van der Waals surface area contributed by atoms with Gasteiger partial charge >= 0.3 is 0 Å². The van der Waals surface area contributed by atoms with Gasteiger partial charge in [-0.15, -0.1) is 11.6 Å². The number of benzene rings is 1. The van der Waals surface area contributed by atoms with E-state index < -0.39 is 0 Å². The van der Waals surface area contributed by atoms with Crippen molar-refractivity contribution in [1.82, 2.24) is 9.97 Å². The zero-order valence-corrected chi connectivity index (χ0v) is 10.5. The molecule has 0 saturated carbocycles. The van der Waals surface area contributed by atoms with Crippen molar-refractivity contribution in [3.63, 3.8) is 0 Å². The summed E-state index contributed by atoms with van der Waals surface area (Å²) in [5.41, 5.74) is 2.67. The molecule has 0 aliphatic rings. The van der Waals surface area contributed by atoms with Crippen molar-refractivity contribution < 1.29 is 4.74 Å². The molecular weight excluding hydrogens is 236 g/mol. The Bertz CT molecular complexity index is 529. The lowest BCUT2D eigenvalue weighted by Gasteiger charge is -2.05. The number of methoxy groups -OCH3 is 1. The van der Waals surface area contributed by atoms with E-state index in [1.54, 1.807) is 7.11 Å². The number of aryl methyl sites for hydroxylation is 1. The summed E-state index contributed by atoms with van der Waals surface area (Å²) in [4.78, 5) is 8.80. The van der Waals surface area contributed by atoms with Crippen LogP contribution >= 0.6 is 11.6 Å². The molecule has 1 aromatic carbocycles. The van der Waals surface area contributed by atoms with Crippen LogP contribution in [-0.2, 0) is 5.88 Å². The number of hydrogen-bond donors (Lipinski definition) is 0. The number of alkyl halides is 1. The number of halogens is 1. The van der Waals surface area contributed by atoms with Crippen molar-refractivity contribution in [3.8, 4) is 17.1 Å². The number of nitrogens with zero attached hydrogens (tertiary/aromatic N) is 2. The highest BCUT2D eigenvalue weighted by atomic mass is 35.5. The Morgan fingerprint density at radius 3 is 2.76 bits per heavy atom. The zero-order chi connectivity index (χ0) is 12.3. The highest BCUT2D eigenvalue weighted by Crippen LogP contribution is 2.21. The van der Waals surface area contributed by atoms with Crippen molar-refractivity contribution in [3.05, 3.63) is 41.7 Å². The first-order valence-electron chi connectivity index (χ1n) is 5.28. The van der Waals surface area contributed by atoms with Gasteiger partial charge in [-0.05, 0) is 25.1 Å². The zero-order valence-electron chi connectivity index (χ0n) is 9.77. The summed E-state index contributed by atoms with van der Waals surface area (Å²) in [5.74, 6) is 1.86. The second kappa shape index (κ2) is 5.15. The summed E-state index contributed by atoms with van der Waals surface area (Å²) < 4.78 is 5.18. The quantitative estimate of drug-likeness (QED) is 0.783. The molecule has 0 aliphatic carbocycles. The predicted molar refractivity (Wildman–Crippen MR) is 68.3 cm³/mol. The van der Waals surface area contributed by atoms with Crippen LogP contribution in [0.2, 0.25) is 0 Å². The van der Waals surface area contributed by atoms with Crippen LogP contribution < -0.4 is 4.74 Å². The smallest absolute Gasteiger partial charge is 0.159 e. The van der Waals surface area contributed by atoms with E-state index >= 15 is 0 Å². The van der Waals surface area contributed by atoms with Gasteiger partial charge in [0.1, 0.15) is 5.75 Å². The third-order valence-electron chi connectivity index (χ3n) is 2.37. The SMILES string of the molecule is COc1cccc(-c2nc(C)cc(CCl)n2)c1. The Morgan fingerprint density at radius 1 is 1.24 bits per heavy atom. The Morgan fingerprint density at radius 2 is 2.06 bits per heavy atom. The fourth-order valence-corrected chi connectivity index (χ4v) is 1.73. The normalized spacial score (nSPS) is 10.3. The number of hydrogen-bond acceptors (Lipinski definition) is 3. The lowest BCUT2D eigenvalue weighted by molar-refractivity contribution is 0.415. The molecule has 3 nitrogen and oxygen atoms in total.